The summed E-state index contributed by atoms with van der Waals surface area (Å²) < 4.78 is 19.1. The Balaban J connectivity index is 2.03. The van der Waals surface area contributed by atoms with Gasteiger partial charge in [0.25, 0.3) is 0 Å². The van der Waals surface area contributed by atoms with E-state index in [4.69, 9.17) is 4.74 Å². The van der Waals surface area contributed by atoms with Crippen molar-refractivity contribution in [3.63, 3.8) is 0 Å². The summed E-state index contributed by atoms with van der Waals surface area (Å²) >= 11 is 0. The van der Waals surface area contributed by atoms with Crippen LogP contribution in [0.3, 0.4) is 0 Å². The first kappa shape index (κ1) is 14.5. The van der Waals surface area contributed by atoms with Crippen molar-refractivity contribution in [2.24, 2.45) is 0 Å². The molecule has 1 heterocycles. The number of ether oxygens (including phenoxy) is 1. The minimum absolute atomic E-state index is 0.285. The molecule has 3 nitrogen and oxygen atoms in total. The zero-order chi connectivity index (χ0) is 14.4. The van der Waals surface area contributed by atoms with E-state index in [1.54, 1.807) is 0 Å². The topological polar surface area (TPSA) is 34.1 Å². The minimum atomic E-state index is -0.285. The lowest BCUT2D eigenvalue weighted by molar-refractivity contribution is 0.299. The molecule has 0 aliphatic heterocycles. The molecule has 4 heteroatoms. The maximum atomic E-state index is 13.5. The second-order valence-electron chi connectivity index (χ2n) is 4.63. The van der Waals surface area contributed by atoms with Crippen LogP contribution in [0, 0.1) is 12.7 Å². The predicted molar refractivity (Wildman–Crippen MR) is 77.1 cm³/mol. The van der Waals surface area contributed by atoms with Crippen molar-refractivity contribution >= 4 is 0 Å². The van der Waals surface area contributed by atoms with Gasteiger partial charge in [0.05, 0.1) is 5.69 Å². The summed E-state index contributed by atoms with van der Waals surface area (Å²) in [6.45, 7) is 5.76. The van der Waals surface area contributed by atoms with Gasteiger partial charge in [0.1, 0.15) is 18.2 Å². The molecule has 1 aromatic heterocycles. The van der Waals surface area contributed by atoms with E-state index in [1.807, 2.05) is 38.1 Å². The molecule has 2 aromatic rings. The van der Waals surface area contributed by atoms with Crippen molar-refractivity contribution in [1.29, 1.82) is 0 Å². The van der Waals surface area contributed by atoms with Gasteiger partial charge in [-0.2, -0.15) is 0 Å². The standard InChI is InChI=1S/C16H19FN2O/c1-3-18-10-13-7-14(17)9-16(8-13)20-11-15-6-4-5-12(2)19-15/h4-9,18H,3,10-11H2,1-2H3. The first-order valence-electron chi connectivity index (χ1n) is 6.73. The summed E-state index contributed by atoms with van der Waals surface area (Å²) in [6, 6.07) is 10.5. The van der Waals surface area contributed by atoms with Crippen LogP contribution in [-0.4, -0.2) is 11.5 Å². The summed E-state index contributed by atoms with van der Waals surface area (Å²) in [5.74, 6) is 0.244. The van der Waals surface area contributed by atoms with Gasteiger partial charge in [-0.05, 0) is 43.3 Å². The Bertz CT molecular complexity index is 572. The second kappa shape index (κ2) is 7.01. The number of aryl methyl sites for hydroxylation is 1. The molecule has 20 heavy (non-hydrogen) atoms. The quantitative estimate of drug-likeness (QED) is 0.878. The molecule has 1 N–H and O–H groups in total. The van der Waals surface area contributed by atoms with Gasteiger partial charge in [-0.25, -0.2) is 4.39 Å². The highest BCUT2D eigenvalue weighted by Gasteiger charge is 2.03. The Morgan fingerprint density at radius 2 is 2.10 bits per heavy atom. The van der Waals surface area contributed by atoms with E-state index in [0.29, 0.717) is 18.9 Å². The third-order valence-corrected chi connectivity index (χ3v) is 2.84. The van der Waals surface area contributed by atoms with Crippen molar-refractivity contribution in [2.45, 2.75) is 27.0 Å². The van der Waals surface area contributed by atoms with Crippen molar-refractivity contribution in [3.05, 3.63) is 59.2 Å². The molecule has 0 saturated heterocycles. The predicted octanol–water partition coefficient (Wildman–Crippen LogP) is 3.22. The Morgan fingerprint density at radius 1 is 1.25 bits per heavy atom. The van der Waals surface area contributed by atoms with E-state index < -0.39 is 0 Å². The first-order valence-corrected chi connectivity index (χ1v) is 6.73. The van der Waals surface area contributed by atoms with Crippen molar-refractivity contribution in [1.82, 2.24) is 10.3 Å². The molecule has 0 aliphatic carbocycles. The lowest BCUT2D eigenvalue weighted by Gasteiger charge is -2.09. The smallest absolute Gasteiger partial charge is 0.130 e. The van der Waals surface area contributed by atoms with Gasteiger partial charge in [0, 0.05) is 18.3 Å². The summed E-state index contributed by atoms with van der Waals surface area (Å²) in [7, 11) is 0. The number of hydrogen-bond donors (Lipinski definition) is 1. The molecule has 0 saturated carbocycles. The Labute approximate surface area is 118 Å². The van der Waals surface area contributed by atoms with E-state index in [2.05, 4.69) is 10.3 Å². The van der Waals surface area contributed by atoms with E-state index >= 15 is 0 Å². The normalized spacial score (nSPS) is 10.6. The summed E-state index contributed by atoms with van der Waals surface area (Å²) in [6.07, 6.45) is 0. The Hall–Kier alpha value is -1.94. The van der Waals surface area contributed by atoms with Crippen molar-refractivity contribution in [3.8, 4) is 5.75 Å². The lowest BCUT2D eigenvalue weighted by Crippen LogP contribution is -2.12. The summed E-state index contributed by atoms with van der Waals surface area (Å²) in [4.78, 5) is 4.35. The summed E-state index contributed by atoms with van der Waals surface area (Å²) in [5.41, 5.74) is 2.65. The van der Waals surface area contributed by atoms with Crippen LogP contribution >= 0.6 is 0 Å². The number of aromatic nitrogens is 1. The number of nitrogens with one attached hydrogen (secondary N) is 1. The number of hydrogen-bond acceptors (Lipinski definition) is 3. The highest BCUT2D eigenvalue weighted by molar-refractivity contribution is 5.29. The Kier molecular flexibility index (Phi) is 5.07. The van der Waals surface area contributed by atoms with E-state index in [-0.39, 0.29) is 5.82 Å². The third kappa shape index (κ3) is 4.31. The van der Waals surface area contributed by atoms with Gasteiger partial charge >= 0.3 is 0 Å². The SMILES string of the molecule is CCNCc1cc(F)cc(OCc2cccc(C)n2)c1. The molecular formula is C16H19FN2O. The molecule has 106 valence electrons. The molecule has 0 amide bonds. The molecule has 0 bridgehead atoms. The van der Waals surface area contributed by atoms with Crippen LogP contribution in [0.25, 0.3) is 0 Å². The largest absolute Gasteiger partial charge is 0.487 e. The highest BCUT2D eigenvalue weighted by atomic mass is 19.1. The fraction of sp³-hybridized carbons (Fsp3) is 0.312. The average molecular weight is 274 g/mol. The third-order valence-electron chi connectivity index (χ3n) is 2.84. The number of benzene rings is 1. The number of rotatable bonds is 6. The van der Waals surface area contributed by atoms with Crippen LogP contribution in [-0.2, 0) is 13.2 Å². The molecule has 1 aromatic carbocycles. The number of halogens is 1. The van der Waals surface area contributed by atoms with Crippen LogP contribution < -0.4 is 10.1 Å². The van der Waals surface area contributed by atoms with Crippen LogP contribution in [0.4, 0.5) is 4.39 Å². The molecule has 0 spiro atoms. The molecule has 0 unspecified atom stereocenters. The van der Waals surface area contributed by atoms with E-state index in [1.165, 1.54) is 12.1 Å². The molecular weight excluding hydrogens is 255 g/mol. The number of nitrogens with zero attached hydrogens (tertiary/aromatic N) is 1. The van der Waals surface area contributed by atoms with Crippen LogP contribution in [0.15, 0.2) is 36.4 Å². The second-order valence-corrected chi connectivity index (χ2v) is 4.63. The van der Waals surface area contributed by atoms with Crippen molar-refractivity contribution in [2.75, 3.05) is 6.54 Å². The van der Waals surface area contributed by atoms with Gasteiger partial charge < -0.3 is 10.1 Å². The van der Waals surface area contributed by atoms with Crippen molar-refractivity contribution < 1.29 is 9.13 Å². The van der Waals surface area contributed by atoms with E-state index in [0.717, 1.165) is 23.5 Å². The van der Waals surface area contributed by atoms with E-state index in [9.17, 15) is 4.39 Å². The molecule has 0 atom stereocenters. The minimum Gasteiger partial charge on any atom is -0.487 e. The van der Waals surface area contributed by atoms with Gasteiger partial charge in [-0.3, -0.25) is 4.98 Å². The monoisotopic (exact) mass is 274 g/mol. The number of pyridine rings is 1. The van der Waals surface area contributed by atoms with Gasteiger partial charge in [-0.1, -0.05) is 13.0 Å². The van der Waals surface area contributed by atoms with Crippen LogP contribution in [0.5, 0.6) is 5.75 Å². The van der Waals surface area contributed by atoms with Crippen LogP contribution in [0.1, 0.15) is 23.9 Å². The molecule has 0 fully saturated rings. The zero-order valence-electron chi connectivity index (χ0n) is 11.8. The van der Waals surface area contributed by atoms with Gasteiger partial charge in [0.15, 0.2) is 0 Å². The fourth-order valence-electron chi connectivity index (χ4n) is 1.91. The van der Waals surface area contributed by atoms with Gasteiger partial charge in [0.2, 0.25) is 0 Å². The zero-order valence-corrected chi connectivity index (χ0v) is 11.8. The fourth-order valence-corrected chi connectivity index (χ4v) is 1.91. The molecule has 0 radical (unpaired) electrons. The lowest BCUT2D eigenvalue weighted by atomic mass is 10.2. The van der Waals surface area contributed by atoms with Crippen LogP contribution in [0.2, 0.25) is 0 Å². The first-order chi connectivity index (χ1) is 9.67. The van der Waals surface area contributed by atoms with Gasteiger partial charge in [-0.15, -0.1) is 0 Å². The maximum Gasteiger partial charge on any atom is 0.130 e. The molecule has 2 rings (SSSR count). The summed E-state index contributed by atoms with van der Waals surface area (Å²) in [5, 5.41) is 3.17. The average Bonchev–Trinajstić information content (AvgIpc) is 2.42. The Morgan fingerprint density at radius 3 is 2.85 bits per heavy atom. The maximum absolute atomic E-state index is 13.5. The highest BCUT2D eigenvalue weighted by Crippen LogP contribution is 2.17. The molecule has 0 aliphatic rings.